The second kappa shape index (κ2) is 2.55. The second-order valence-electron chi connectivity index (χ2n) is 1.76. The van der Waals surface area contributed by atoms with Gasteiger partial charge in [0.15, 0.2) is 0 Å². The van der Waals surface area contributed by atoms with E-state index in [-0.39, 0.29) is 0 Å². The number of hydrogen-bond acceptors (Lipinski definition) is 3. The standard InChI is InChI=1S/C6H7N2O/c1-5(9)6-3-2-4-7-8-6/h2-3,5,9H,1H3. The van der Waals surface area contributed by atoms with Crippen LogP contribution in [0.1, 0.15) is 18.7 Å². The number of nitrogens with zero attached hydrogens (tertiary/aromatic N) is 2. The predicted octanol–water partition coefficient (Wildman–Crippen LogP) is 0.330. The maximum atomic E-state index is 8.91. The minimum Gasteiger partial charge on any atom is -0.387 e. The fourth-order valence-corrected chi connectivity index (χ4v) is 0.499. The largest absolute Gasteiger partial charge is 0.387 e. The van der Waals surface area contributed by atoms with Gasteiger partial charge in [0, 0.05) is 0 Å². The van der Waals surface area contributed by atoms with E-state index in [1.807, 2.05) is 0 Å². The molecule has 3 heteroatoms. The molecule has 0 bridgehead atoms. The Kier molecular flexibility index (Phi) is 1.75. The van der Waals surface area contributed by atoms with Gasteiger partial charge in [-0.25, -0.2) is 0 Å². The van der Waals surface area contributed by atoms with Crippen LogP contribution in [0.2, 0.25) is 0 Å². The molecule has 0 amide bonds. The summed E-state index contributed by atoms with van der Waals surface area (Å²) in [6.45, 7) is 1.64. The second-order valence-corrected chi connectivity index (χ2v) is 1.76. The molecule has 1 rings (SSSR count). The molecule has 0 aromatic carbocycles. The van der Waals surface area contributed by atoms with E-state index in [0.29, 0.717) is 5.69 Å². The highest BCUT2D eigenvalue weighted by molar-refractivity contribution is 5.00. The maximum absolute atomic E-state index is 8.91. The minimum atomic E-state index is -0.535. The van der Waals surface area contributed by atoms with E-state index < -0.39 is 6.10 Å². The number of aliphatic hydroxyl groups is 1. The Morgan fingerprint density at radius 1 is 1.78 bits per heavy atom. The van der Waals surface area contributed by atoms with Crippen LogP contribution in [0.15, 0.2) is 12.1 Å². The van der Waals surface area contributed by atoms with Gasteiger partial charge in [-0.1, -0.05) is 0 Å². The van der Waals surface area contributed by atoms with Gasteiger partial charge in [0.2, 0.25) is 0 Å². The molecule has 0 spiro atoms. The Morgan fingerprint density at radius 2 is 2.56 bits per heavy atom. The molecule has 0 fully saturated rings. The first-order chi connectivity index (χ1) is 4.30. The van der Waals surface area contributed by atoms with Crippen LogP contribution in [-0.4, -0.2) is 15.3 Å². The van der Waals surface area contributed by atoms with E-state index in [2.05, 4.69) is 16.4 Å². The number of aromatic nitrogens is 2. The molecule has 9 heavy (non-hydrogen) atoms. The zero-order valence-electron chi connectivity index (χ0n) is 5.07. The first-order valence-corrected chi connectivity index (χ1v) is 2.68. The van der Waals surface area contributed by atoms with Crippen molar-refractivity contribution in [3.8, 4) is 0 Å². The van der Waals surface area contributed by atoms with Crippen molar-refractivity contribution in [2.75, 3.05) is 0 Å². The van der Waals surface area contributed by atoms with Crippen LogP contribution < -0.4 is 0 Å². The molecular weight excluding hydrogens is 116 g/mol. The monoisotopic (exact) mass is 123 g/mol. The number of aliphatic hydroxyl groups excluding tert-OH is 1. The SMILES string of the molecule is CC(O)c1cc[c]nn1. The first-order valence-electron chi connectivity index (χ1n) is 2.68. The summed E-state index contributed by atoms with van der Waals surface area (Å²) in [5, 5.41) is 16.0. The average molecular weight is 123 g/mol. The fourth-order valence-electron chi connectivity index (χ4n) is 0.499. The Bertz CT molecular complexity index is 174. The zero-order chi connectivity index (χ0) is 6.69. The molecule has 1 N–H and O–H groups in total. The van der Waals surface area contributed by atoms with E-state index in [9.17, 15) is 0 Å². The Balaban J connectivity index is 2.85. The normalized spacial score (nSPS) is 13.1. The fraction of sp³-hybridized carbons (Fsp3) is 0.333. The van der Waals surface area contributed by atoms with E-state index in [1.165, 1.54) is 0 Å². The Morgan fingerprint density at radius 3 is 2.89 bits per heavy atom. The molecule has 1 radical (unpaired) electrons. The molecule has 1 unspecified atom stereocenters. The molecular formula is C6H7N2O. The van der Waals surface area contributed by atoms with Gasteiger partial charge in [-0.15, -0.1) is 5.10 Å². The zero-order valence-corrected chi connectivity index (χ0v) is 5.07. The summed E-state index contributed by atoms with van der Waals surface area (Å²) in [7, 11) is 0. The summed E-state index contributed by atoms with van der Waals surface area (Å²) in [4.78, 5) is 0. The van der Waals surface area contributed by atoms with Crippen LogP contribution in [0, 0.1) is 6.20 Å². The highest BCUT2D eigenvalue weighted by atomic mass is 16.3. The van der Waals surface area contributed by atoms with Gasteiger partial charge in [0.05, 0.1) is 11.8 Å². The molecule has 1 aromatic heterocycles. The third kappa shape index (κ3) is 1.47. The van der Waals surface area contributed by atoms with Crippen molar-refractivity contribution < 1.29 is 5.11 Å². The molecule has 47 valence electrons. The molecule has 1 heterocycles. The lowest BCUT2D eigenvalue weighted by atomic mass is 10.3. The Hall–Kier alpha value is -0.960. The highest BCUT2D eigenvalue weighted by Gasteiger charge is 1.98. The summed E-state index contributed by atoms with van der Waals surface area (Å²) >= 11 is 0. The van der Waals surface area contributed by atoms with Crippen LogP contribution in [0.25, 0.3) is 0 Å². The molecule has 0 aliphatic heterocycles. The number of hydrogen-bond donors (Lipinski definition) is 1. The van der Waals surface area contributed by atoms with Crippen molar-refractivity contribution in [2.45, 2.75) is 13.0 Å². The van der Waals surface area contributed by atoms with Gasteiger partial charge in [-0.2, -0.15) is 5.10 Å². The van der Waals surface area contributed by atoms with Crippen LogP contribution in [0.5, 0.6) is 0 Å². The van der Waals surface area contributed by atoms with Gasteiger partial charge in [-0.3, -0.25) is 0 Å². The molecule has 0 aliphatic carbocycles. The summed E-state index contributed by atoms with van der Waals surface area (Å²) in [5.74, 6) is 0. The molecule has 0 aliphatic rings. The van der Waals surface area contributed by atoms with E-state index >= 15 is 0 Å². The highest BCUT2D eigenvalue weighted by Crippen LogP contribution is 2.03. The lowest BCUT2D eigenvalue weighted by Gasteiger charge is -1.98. The van der Waals surface area contributed by atoms with Gasteiger partial charge in [0.25, 0.3) is 0 Å². The van der Waals surface area contributed by atoms with Crippen LogP contribution in [-0.2, 0) is 0 Å². The summed E-state index contributed by atoms with van der Waals surface area (Å²) in [6.07, 6.45) is 1.98. The van der Waals surface area contributed by atoms with Crippen molar-refractivity contribution in [2.24, 2.45) is 0 Å². The molecule has 1 aromatic rings. The Labute approximate surface area is 53.4 Å². The first kappa shape index (κ1) is 6.16. The van der Waals surface area contributed by atoms with Crippen molar-refractivity contribution >= 4 is 0 Å². The molecule has 0 saturated carbocycles. The van der Waals surface area contributed by atoms with Crippen LogP contribution >= 0.6 is 0 Å². The average Bonchev–Trinajstić information content (AvgIpc) is 1.90. The smallest absolute Gasteiger partial charge is 0.113 e. The summed E-state index contributed by atoms with van der Waals surface area (Å²) < 4.78 is 0. The molecule has 3 nitrogen and oxygen atoms in total. The lowest BCUT2D eigenvalue weighted by molar-refractivity contribution is 0.193. The van der Waals surface area contributed by atoms with E-state index in [4.69, 9.17) is 5.11 Å². The van der Waals surface area contributed by atoms with Gasteiger partial charge in [-0.05, 0) is 19.1 Å². The molecule has 0 saturated heterocycles. The molecule has 1 atom stereocenters. The van der Waals surface area contributed by atoms with Gasteiger partial charge < -0.3 is 5.11 Å². The summed E-state index contributed by atoms with van der Waals surface area (Å²) in [6, 6.07) is 3.30. The van der Waals surface area contributed by atoms with Crippen molar-refractivity contribution in [3.63, 3.8) is 0 Å². The third-order valence-corrected chi connectivity index (χ3v) is 0.980. The quantitative estimate of drug-likeness (QED) is 0.585. The van der Waals surface area contributed by atoms with Crippen LogP contribution in [0.3, 0.4) is 0 Å². The minimum absolute atomic E-state index is 0.535. The maximum Gasteiger partial charge on any atom is 0.113 e. The summed E-state index contributed by atoms with van der Waals surface area (Å²) in [5.41, 5.74) is 0.578. The van der Waals surface area contributed by atoms with Crippen molar-refractivity contribution in [3.05, 3.63) is 24.0 Å². The lowest BCUT2D eigenvalue weighted by Crippen LogP contribution is -1.95. The number of rotatable bonds is 1. The van der Waals surface area contributed by atoms with Gasteiger partial charge in [0.1, 0.15) is 6.20 Å². The van der Waals surface area contributed by atoms with E-state index in [1.54, 1.807) is 19.1 Å². The topological polar surface area (TPSA) is 46.0 Å². The third-order valence-electron chi connectivity index (χ3n) is 0.980. The predicted molar refractivity (Wildman–Crippen MR) is 31.5 cm³/mol. The van der Waals surface area contributed by atoms with E-state index in [0.717, 1.165) is 0 Å². The van der Waals surface area contributed by atoms with Crippen molar-refractivity contribution in [1.82, 2.24) is 10.2 Å². The van der Waals surface area contributed by atoms with Crippen LogP contribution in [0.4, 0.5) is 0 Å². The van der Waals surface area contributed by atoms with Crippen molar-refractivity contribution in [1.29, 1.82) is 0 Å². The van der Waals surface area contributed by atoms with Gasteiger partial charge >= 0.3 is 0 Å².